The molecule has 0 unspecified atom stereocenters. The Morgan fingerprint density at radius 1 is 1.53 bits per heavy atom. The van der Waals surface area contributed by atoms with Gasteiger partial charge in [0, 0.05) is 19.7 Å². The Labute approximate surface area is 103 Å². The van der Waals surface area contributed by atoms with Crippen LogP contribution in [0.5, 0.6) is 0 Å². The zero-order chi connectivity index (χ0) is 12.3. The second-order valence-electron chi connectivity index (χ2n) is 4.72. The van der Waals surface area contributed by atoms with Crippen molar-refractivity contribution in [3.8, 4) is 0 Å². The average Bonchev–Trinajstić information content (AvgIpc) is 3.09. The van der Waals surface area contributed by atoms with E-state index in [0.29, 0.717) is 6.54 Å². The standard InChI is InChI=1S/C13H22N2O2/c1-10-7-12(17-13(10)8-14)9-15(5-6-16-2)11-3-4-11/h7,11H,3-6,8-9,14H2,1-2H3. The minimum absolute atomic E-state index is 0.479. The molecule has 0 atom stereocenters. The van der Waals surface area contributed by atoms with Gasteiger partial charge in [-0.1, -0.05) is 0 Å². The van der Waals surface area contributed by atoms with E-state index in [1.165, 1.54) is 12.8 Å². The van der Waals surface area contributed by atoms with E-state index >= 15 is 0 Å². The molecule has 1 aliphatic rings. The van der Waals surface area contributed by atoms with Gasteiger partial charge in [-0.15, -0.1) is 0 Å². The number of rotatable bonds is 7. The molecule has 0 saturated heterocycles. The third-order valence-corrected chi connectivity index (χ3v) is 3.26. The lowest BCUT2D eigenvalue weighted by Gasteiger charge is -2.19. The van der Waals surface area contributed by atoms with Crippen LogP contribution < -0.4 is 5.73 Å². The molecule has 0 radical (unpaired) electrons. The van der Waals surface area contributed by atoms with Crippen LogP contribution >= 0.6 is 0 Å². The Morgan fingerprint density at radius 3 is 2.82 bits per heavy atom. The topological polar surface area (TPSA) is 51.6 Å². The molecule has 0 aromatic carbocycles. The number of aryl methyl sites for hydroxylation is 1. The Balaban J connectivity index is 1.95. The van der Waals surface area contributed by atoms with Crippen LogP contribution in [0.25, 0.3) is 0 Å². The molecule has 2 N–H and O–H groups in total. The van der Waals surface area contributed by atoms with Gasteiger partial charge in [-0.3, -0.25) is 4.90 Å². The molecule has 4 nitrogen and oxygen atoms in total. The fraction of sp³-hybridized carbons (Fsp3) is 0.692. The summed E-state index contributed by atoms with van der Waals surface area (Å²) in [5.41, 5.74) is 6.78. The van der Waals surface area contributed by atoms with Crippen molar-refractivity contribution in [1.82, 2.24) is 4.90 Å². The first kappa shape index (κ1) is 12.6. The lowest BCUT2D eigenvalue weighted by molar-refractivity contribution is 0.134. The van der Waals surface area contributed by atoms with Gasteiger partial charge in [0.05, 0.1) is 19.7 Å². The summed E-state index contributed by atoms with van der Waals surface area (Å²) < 4.78 is 10.9. The summed E-state index contributed by atoms with van der Waals surface area (Å²) in [6.45, 7) is 5.15. The summed E-state index contributed by atoms with van der Waals surface area (Å²) >= 11 is 0. The Bertz CT molecular complexity index is 358. The van der Waals surface area contributed by atoms with Gasteiger partial charge in [0.2, 0.25) is 0 Å². The second-order valence-corrected chi connectivity index (χ2v) is 4.72. The van der Waals surface area contributed by atoms with Crippen molar-refractivity contribution in [1.29, 1.82) is 0 Å². The quantitative estimate of drug-likeness (QED) is 0.785. The summed E-state index contributed by atoms with van der Waals surface area (Å²) in [5, 5.41) is 0. The molecule has 2 rings (SSSR count). The van der Waals surface area contributed by atoms with E-state index in [0.717, 1.165) is 42.8 Å². The molecular weight excluding hydrogens is 216 g/mol. The smallest absolute Gasteiger partial charge is 0.120 e. The second kappa shape index (κ2) is 5.67. The summed E-state index contributed by atoms with van der Waals surface area (Å²) in [7, 11) is 1.74. The van der Waals surface area contributed by atoms with Gasteiger partial charge in [-0.05, 0) is 31.4 Å². The van der Waals surface area contributed by atoms with Crippen LogP contribution in [0.2, 0.25) is 0 Å². The maximum absolute atomic E-state index is 5.74. The van der Waals surface area contributed by atoms with Crippen LogP contribution in [0.3, 0.4) is 0 Å². The van der Waals surface area contributed by atoms with Gasteiger partial charge in [0.15, 0.2) is 0 Å². The van der Waals surface area contributed by atoms with Crippen molar-refractivity contribution in [3.05, 3.63) is 23.2 Å². The normalized spacial score (nSPS) is 15.8. The first-order valence-corrected chi connectivity index (χ1v) is 6.26. The molecule has 0 spiro atoms. The highest BCUT2D eigenvalue weighted by molar-refractivity contribution is 5.20. The third kappa shape index (κ3) is 3.31. The van der Waals surface area contributed by atoms with Crippen LogP contribution in [0.1, 0.15) is 29.9 Å². The Hall–Kier alpha value is -0.840. The highest BCUT2D eigenvalue weighted by atomic mass is 16.5. The van der Waals surface area contributed by atoms with E-state index in [1.807, 2.05) is 6.92 Å². The number of nitrogens with zero attached hydrogens (tertiary/aromatic N) is 1. The van der Waals surface area contributed by atoms with Crippen LogP contribution in [0.15, 0.2) is 10.5 Å². The predicted molar refractivity (Wildman–Crippen MR) is 66.6 cm³/mol. The van der Waals surface area contributed by atoms with Gasteiger partial charge in [-0.25, -0.2) is 0 Å². The van der Waals surface area contributed by atoms with Gasteiger partial charge < -0.3 is 14.9 Å². The predicted octanol–water partition coefficient (Wildman–Crippen LogP) is 1.66. The van der Waals surface area contributed by atoms with E-state index in [2.05, 4.69) is 11.0 Å². The average molecular weight is 238 g/mol. The zero-order valence-corrected chi connectivity index (χ0v) is 10.7. The minimum Gasteiger partial charge on any atom is -0.463 e. The zero-order valence-electron chi connectivity index (χ0n) is 10.7. The van der Waals surface area contributed by atoms with Crippen molar-refractivity contribution >= 4 is 0 Å². The molecule has 1 aromatic heterocycles. The van der Waals surface area contributed by atoms with Crippen LogP contribution in [-0.4, -0.2) is 31.2 Å². The molecular formula is C13H22N2O2. The molecule has 1 heterocycles. The first-order chi connectivity index (χ1) is 8.24. The maximum Gasteiger partial charge on any atom is 0.120 e. The lowest BCUT2D eigenvalue weighted by atomic mass is 10.2. The Kier molecular flexibility index (Phi) is 4.20. The third-order valence-electron chi connectivity index (χ3n) is 3.26. The van der Waals surface area contributed by atoms with Gasteiger partial charge >= 0.3 is 0 Å². The molecule has 1 saturated carbocycles. The SMILES string of the molecule is COCCN(Cc1cc(C)c(CN)o1)C1CC1. The van der Waals surface area contributed by atoms with Crippen LogP contribution in [0.4, 0.5) is 0 Å². The Morgan fingerprint density at radius 2 is 2.29 bits per heavy atom. The number of furan rings is 1. The summed E-state index contributed by atoms with van der Waals surface area (Å²) in [6.07, 6.45) is 2.60. The largest absolute Gasteiger partial charge is 0.463 e. The van der Waals surface area contributed by atoms with Crippen molar-refractivity contribution in [2.45, 2.75) is 38.9 Å². The van der Waals surface area contributed by atoms with Crippen molar-refractivity contribution in [3.63, 3.8) is 0 Å². The number of hydrogen-bond acceptors (Lipinski definition) is 4. The van der Waals surface area contributed by atoms with Gasteiger partial charge in [0.25, 0.3) is 0 Å². The van der Waals surface area contributed by atoms with E-state index < -0.39 is 0 Å². The first-order valence-electron chi connectivity index (χ1n) is 6.26. The van der Waals surface area contributed by atoms with E-state index in [4.69, 9.17) is 14.9 Å². The highest BCUT2D eigenvalue weighted by Crippen LogP contribution is 2.28. The molecule has 17 heavy (non-hydrogen) atoms. The fourth-order valence-corrected chi connectivity index (χ4v) is 2.11. The molecule has 1 aliphatic carbocycles. The van der Waals surface area contributed by atoms with Crippen molar-refractivity contribution in [2.75, 3.05) is 20.3 Å². The summed E-state index contributed by atoms with van der Waals surface area (Å²) in [4.78, 5) is 2.43. The maximum atomic E-state index is 5.74. The molecule has 96 valence electrons. The molecule has 1 aromatic rings. The van der Waals surface area contributed by atoms with E-state index in [9.17, 15) is 0 Å². The van der Waals surface area contributed by atoms with Crippen LogP contribution in [-0.2, 0) is 17.8 Å². The molecule has 0 aliphatic heterocycles. The number of nitrogens with two attached hydrogens (primary N) is 1. The van der Waals surface area contributed by atoms with Gasteiger partial charge in [-0.2, -0.15) is 0 Å². The van der Waals surface area contributed by atoms with Crippen molar-refractivity contribution < 1.29 is 9.15 Å². The highest BCUT2D eigenvalue weighted by Gasteiger charge is 2.29. The molecule has 4 heteroatoms. The lowest BCUT2D eigenvalue weighted by Crippen LogP contribution is -2.28. The van der Waals surface area contributed by atoms with Crippen LogP contribution in [0, 0.1) is 6.92 Å². The monoisotopic (exact) mass is 238 g/mol. The van der Waals surface area contributed by atoms with E-state index in [-0.39, 0.29) is 0 Å². The molecule has 1 fully saturated rings. The number of hydrogen-bond donors (Lipinski definition) is 1. The summed E-state index contributed by atoms with van der Waals surface area (Å²) in [6, 6.07) is 2.82. The molecule has 0 bridgehead atoms. The number of methoxy groups -OCH3 is 1. The van der Waals surface area contributed by atoms with Crippen molar-refractivity contribution in [2.24, 2.45) is 5.73 Å². The molecule has 0 amide bonds. The number of ether oxygens (including phenoxy) is 1. The summed E-state index contributed by atoms with van der Waals surface area (Å²) in [5.74, 6) is 1.92. The minimum atomic E-state index is 0.479. The van der Waals surface area contributed by atoms with E-state index in [1.54, 1.807) is 7.11 Å². The van der Waals surface area contributed by atoms with Gasteiger partial charge in [0.1, 0.15) is 11.5 Å². The fourth-order valence-electron chi connectivity index (χ4n) is 2.11.